The van der Waals surface area contributed by atoms with E-state index in [-0.39, 0.29) is 25.3 Å². The highest BCUT2D eigenvalue weighted by atomic mass is 31.2. The fourth-order valence-electron chi connectivity index (χ4n) is 5.61. The summed E-state index contributed by atoms with van der Waals surface area (Å²) in [5, 5.41) is 8.53. The van der Waals surface area contributed by atoms with E-state index in [0.29, 0.717) is 5.56 Å². The van der Waals surface area contributed by atoms with Crippen LogP contribution >= 0.6 is 7.82 Å². The molecule has 0 aliphatic heterocycles. The van der Waals surface area contributed by atoms with Crippen LogP contribution in [0.15, 0.2) is 128 Å². The van der Waals surface area contributed by atoms with Crippen molar-refractivity contribution < 1.29 is 26.9 Å². The maximum Gasteiger partial charge on any atom is 0.476 e. The Bertz CT molecular complexity index is 1930. The van der Waals surface area contributed by atoms with Gasteiger partial charge in [-0.1, -0.05) is 97.9 Å². The minimum atomic E-state index is -4.55. The zero-order valence-corrected chi connectivity index (χ0v) is 27.3. The van der Waals surface area contributed by atoms with E-state index in [9.17, 15) is 8.96 Å². The molecule has 4 aromatic carbocycles. The van der Waals surface area contributed by atoms with Crippen LogP contribution in [0.1, 0.15) is 35.1 Å². The molecule has 0 aliphatic carbocycles. The Morgan fingerprint density at radius 2 is 1.48 bits per heavy atom. The summed E-state index contributed by atoms with van der Waals surface area (Å²) in [6, 6.07) is 31.0. The van der Waals surface area contributed by atoms with E-state index >= 15 is 4.39 Å². The first-order chi connectivity index (χ1) is 23.2. The number of phosphoric acid groups is 1. The van der Waals surface area contributed by atoms with Gasteiger partial charge in [-0.2, -0.15) is 10.2 Å². The zero-order valence-electron chi connectivity index (χ0n) is 26.4. The number of hydrogen-bond acceptors (Lipinski definition) is 7. The van der Waals surface area contributed by atoms with Gasteiger partial charge in [0.2, 0.25) is 0 Å². The molecule has 0 saturated carbocycles. The predicted molar refractivity (Wildman–Crippen MR) is 176 cm³/mol. The van der Waals surface area contributed by atoms with Crippen LogP contribution in [0.2, 0.25) is 0 Å². The van der Waals surface area contributed by atoms with Gasteiger partial charge in [0, 0.05) is 30.8 Å². The van der Waals surface area contributed by atoms with Crippen LogP contribution in [0.4, 0.5) is 8.78 Å². The molecule has 2 atom stereocenters. The van der Waals surface area contributed by atoms with Crippen molar-refractivity contribution in [3.8, 4) is 11.3 Å². The first-order valence-corrected chi connectivity index (χ1v) is 16.7. The van der Waals surface area contributed by atoms with Crippen LogP contribution in [0.25, 0.3) is 11.3 Å². The van der Waals surface area contributed by atoms with Gasteiger partial charge in [-0.05, 0) is 34.4 Å². The second kappa shape index (κ2) is 14.5. The molecule has 6 rings (SSSR count). The van der Waals surface area contributed by atoms with E-state index in [1.54, 1.807) is 10.9 Å². The van der Waals surface area contributed by atoms with E-state index in [4.69, 9.17) is 13.6 Å². The van der Waals surface area contributed by atoms with Gasteiger partial charge in [0.25, 0.3) is 0 Å². The van der Waals surface area contributed by atoms with E-state index < -0.39 is 31.0 Å². The minimum Gasteiger partial charge on any atom is -0.282 e. The molecule has 0 bridgehead atoms. The van der Waals surface area contributed by atoms with Crippen molar-refractivity contribution in [3.05, 3.63) is 162 Å². The molecule has 246 valence electrons. The van der Waals surface area contributed by atoms with E-state index in [1.165, 1.54) is 23.4 Å². The number of nitrogens with zero attached hydrogens (tertiary/aromatic N) is 5. The minimum absolute atomic E-state index is 0.0607. The van der Waals surface area contributed by atoms with Crippen LogP contribution in [0, 0.1) is 11.6 Å². The molecule has 0 saturated heterocycles. The molecule has 0 spiro atoms. The number of aromatic nitrogens is 5. The van der Waals surface area contributed by atoms with Gasteiger partial charge in [-0.25, -0.2) is 23.0 Å². The lowest BCUT2D eigenvalue weighted by Crippen LogP contribution is -2.40. The molecule has 0 N–H and O–H groups in total. The largest absolute Gasteiger partial charge is 0.476 e. The smallest absolute Gasteiger partial charge is 0.282 e. The highest BCUT2D eigenvalue weighted by molar-refractivity contribution is 7.48. The highest BCUT2D eigenvalue weighted by Crippen LogP contribution is 2.60. The monoisotopic (exact) mass is 669 g/mol. The van der Waals surface area contributed by atoms with Crippen LogP contribution in [-0.4, -0.2) is 24.5 Å². The lowest BCUT2D eigenvalue weighted by Gasteiger charge is -2.41. The van der Waals surface area contributed by atoms with E-state index in [0.717, 1.165) is 34.5 Å². The third kappa shape index (κ3) is 7.50. The van der Waals surface area contributed by atoms with Crippen LogP contribution in [0.3, 0.4) is 0 Å². The number of hydrogen-bond donors (Lipinski definition) is 0. The van der Waals surface area contributed by atoms with Gasteiger partial charge < -0.3 is 0 Å². The highest BCUT2D eigenvalue weighted by Gasteiger charge is 2.49. The zero-order chi connectivity index (χ0) is 33.6. The first kappa shape index (κ1) is 33.1. The molecular formula is C36H34F2N5O4P. The molecule has 0 aliphatic rings. The van der Waals surface area contributed by atoms with Crippen LogP contribution < -0.4 is 0 Å². The second-order valence-electron chi connectivity index (χ2n) is 11.3. The van der Waals surface area contributed by atoms with Gasteiger partial charge in [-0.15, -0.1) is 0 Å². The molecule has 0 amide bonds. The molecule has 2 heterocycles. The number of benzene rings is 4. The van der Waals surface area contributed by atoms with Crippen molar-refractivity contribution in [1.29, 1.82) is 0 Å². The lowest BCUT2D eigenvalue weighted by molar-refractivity contribution is -0.0312. The summed E-state index contributed by atoms with van der Waals surface area (Å²) in [6.07, 6.45) is 4.48. The lowest BCUT2D eigenvalue weighted by atomic mass is 9.77. The summed E-state index contributed by atoms with van der Waals surface area (Å²) < 4.78 is 67.3. The van der Waals surface area contributed by atoms with Gasteiger partial charge >= 0.3 is 7.82 Å². The first-order valence-electron chi connectivity index (χ1n) is 15.3. The Kier molecular flexibility index (Phi) is 10.0. The van der Waals surface area contributed by atoms with Crippen molar-refractivity contribution in [1.82, 2.24) is 24.5 Å². The number of aryl methyl sites for hydroxylation is 1. The Balaban J connectivity index is 1.47. The number of phosphoric ester groups is 1. The Labute approximate surface area is 277 Å². The number of halogens is 2. The van der Waals surface area contributed by atoms with Gasteiger partial charge in [-0.3, -0.25) is 18.3 Å². The third-order valence-electron chi connectivity index (χ3n) is 8.22. The quantitative estimate of drug-likeness (QED) is 0.108. The van der Waals surface area contributed by atoms with Crippen molar-refractivity contribution in [2.24, 2.45) is 7.05 Å². The van der Waals surface area contributed by atoms with Crippen molar-refractivity contribution in [2.75, 3.05) is 0 Å². The summed E-state index contributed by atoms with van der Waals surface area (Å²) in [7, 11) is -2.70. The van der Waals surface area contributed by atoms with Crippen molar-refractivity contribution in [3.63, 3.8) is 0 Å². The van der Waals surface area contributed by atoms with Crippen molar-refractivity contribution >= 4 is 7.82 Å². The normalized spacial score (nSPS) is 13.7. The molecule has 12 heteroatoms. The topological polar surface area (TPSA) is 93.3 Å². The van der Waals surface area contributed by atoms with Crippen LogP contribution in [-0.2, 0) is 50.5 Å². The molecule has 2 unspecified atom stereocenters. The van der Waals surface area contributed by atoms with E-state index in [2.05, 4.69) is 15.2 Å². The summed E-state index contributed by atoms with van der Waals surface area (Å²) >= 11 is 0. The van der Waals surface area contributed by atoms with Gasteiger partial charge in [0.1, 0.15) is 29.9 Å². The van der Waals surface area contributed by atoms with Gasteiger partial charge in [0.05, 0.1) is 25.5 Å². The summed E-state index contributed by atoms with van der Waals surface area (Å²) in [6.45, 7) is 1.41. The number of rotatable bonds is 14. The van der Waals surface area contributed by atoms with Crippen molar-refractivity contribution in [2.45, 2.75) is 38.2 Å². The fraction of sp³-hybridized carbons (Fsp3) is 0.194. The Hall–Kier alpha value is -4.80. The molecular weight excluding hydrogens is 635 g/mol. The SMILES string of the molecule is CC(c1ccc(-c2ccnn2C)cc1)C(Cn1cncn1)(OP(=O)(OCc1ccccc1)OCc1ccccc1)c1ccc(F)cc1F. The summed E-state index contributed by atoms with van der Waals surface area (Å²) in [5.74, 6) is -2.40. The molecule has 9 nitrogen and oxygen atoms in total. The van der Waals surface area contributed by atoms with Gasteiger partial charge in [0.15, 0.2) is 0 Å². The average molecular weight is 670 g/mol. The van der Waals surface area contributed by atoms with E-state index in [1.807, 2.05) is 105 Å². The Morgan fingerprint density at radius 3 is 2.02 bits per heavy atom. The maximum atomic E-state index is 16.1. The average Bonchev–Trinajstić information content (AvgIpc) is 3.78. The van der Waals surface area contributed by atoms with Crippen LogP contribution in [0.5, 0.6) is 0 Å². The summed E-state index contributed by atoms with van der Waals surface area (Å²) in [5.41, 5.74) is 2.08. The standard InChI is InChI=1S/C36H34F2N5O4P/c1-27(30-13-15-31(16-14-30)35-19-20-40-42(35)2)36(24-43-26-39-25-41-43,33-18-17-32(37)21-34(33)38)47-48(44,45-22-28-9-5-3-6-10-28)46-23-29-11-7-4-8-12-29/h3-21,25-27H,22-24H2,1-2H3. The maximum absolute atomic E-state index is 16.1. The molecule has 0 radical (unpaired) electrons. The Morgan fingerprint density at radius 1 is 0.833 bits per heavy atom. The second-order valence-corrected chi connectivity index (χ2v) is 12.9. The molecule has 2 aromatic heterocycles. The summed E-state index contributed by atoms with van der Waals surface area (Å²) in [4.78, 5) is 4.07. The molecule has 0 fully saturated rings. The molecule has 6 aromatic rings. The third-order valence-corrected chi connectivity index (χ3v) is 9.66. The molecule has 48 heavy (non-hydrogen) atoms. The predicted octanol–water partition coefficient (Wildman–Crippen LogP) is 8.21. The fourth-order valence-corrected chi connectivity index (χ4v) is 7.12.